The van der Waals surface area contributed by atoms with Crippen LogP contribution in [0.3, 0.4) is 0 Å². The Hall–Kier alpha value is -4.54. The van der Waals surface area contributed by atoms with E-state index in [0.717, 1.165) is 22.3 Å². The molecule has 5 rings (SSSR count). The van der Waals surface area contributed by atoms with Gasteiger partial charge in [-0.1, -0.05) is 84.9 Å². The largest absolute Gasteiger partial charge is 0.350 e. The topological polar surface area (TPSA) is 125 Å². The summed E-state index contributed by atoms with van der Waals surface area (Å²) in [6.45, 7) is 2.15. The van der Waals surface area contributed by atoms with Gasteiger partial charge in [0.2, 0.25) is 34.4 Å². The number of hydrogen-bond acceptors (Lipinski definition) is 10. The SMILES string of the molecule is Clc1nc(NCc2ccccc2)nc(NCc2cccc(CNc3nc(Cl)nc(NCc4ccccc4)n3)c2)n1. The summed E-state index contributed by atoms with van der Waals surface area (Å²) in [6.07, 6.45) is 0. The molecule has 4 N–H and O–H groups in total. The van der Waals surface area contributed by atoms with Gasteiger partial charge in [0, 0.05) is 26.2 Å². The van der Waals surface area contributed by atoms with Gasteiger partial charge in [0.25, 0.3) is 0 Å². The van der Waals surface area contributed by atoms with Crippen LogP contribution in [0.2, 0.25) is 10.6 Å². The second-order valence-electron chi connectivity index (χ2n) is 8.71. The van der Waals surface area contributed by atoms with Gasteiger partial charge in [0.05, 0.1) is 0 Å². The van der Waals surface area contributed by atoms with Crippen LogP contribution in [0.5, 0.6) is 0 Å². The summed E-state index contributed by atoms with van der Waals surface area (Å²) < 4.78 is 0. The van der Waals surface area contributed by atoms with Gasteiger partial charge in [0.15, 0.2) is 0 Å². The van der Waals surface area contributed by atoms with Crippen molar-refractivity contribution < 1.29 is 0 Å². The molecule has 10 nitrogen and oxygen atoms in total. The van der Waals surface area contributed by atoms with Crippen LogP contribution in [-0.2, 0) is 26.2 Å². The van der Waals surface area contributed by atoms with E-state index in [-0.39, 0.29) is 10.6 Å². The number of hydrogen-bond donors (Lipinski definition) is 4. The Balaban J connectivity index is 1.16. The fourth-order valence-corrected chi connectivity index (χ4v) is 4.10. The first-order chi connectivity index (χ1) is 19.6. The molecule has 0 bridgehead atoms. The molecule has 0 aliphatic rings. The van der Waals surface area contributed by atoms with E-state index in [1.807, 2.05) is 78.9 Å². The summed E-state index contributed by atoms with van der Waals surface area (Å²) in [4.78, 5) is 25.6. The molecule has 5 aromatic rings. The molecule has 0 saturated heterocycles. The molecule has 3 aromatic carbocycles. The van der Waals surface area contributed by atoms with Crippen molar-refractivity contribution in [3.63, 3.8) is 0 Å². The summed E-state index contributed by atoms with van der Waals surface area (Å²) in [5, 5.41) is 13.0. The van der Waals surface area contributed by atoms with Crippen LogP contribution in [0.25, 0.3) is 0 Å². The first-order valence-electron chi connectivity index (χ1n) is 12.5. The standard InChI is InChI=1S/C28H26Cl2N10/c29-23-35-25(31-15-19-8-3-1-4-9-19)39-27(37-23)33-17-21-12-7-13-22(14-21)18-34-28-38-24(30)36-26(40-28)32-16-20-10-5-2-6-11-20/h1-14H,15-18H2,(H2,31,33,35,37,39)(H2,32,34,36,38,40). The van der Waals surface area contributed by atoms with Crippen molar-refractivity contribution in [3.05, 3.63) is 118 Å². The summed E-state index contributed by atoms with van der Waals surface area (Å²) in [5.41, 5.74) is 4.29. The smallest absolute Gasteiger partial charge is 0.229 e. The number of nitrogens with zero attached hydrogens (tertiary/aromatic N) is 6. The maximum absolute atomic E-state index is 6.13. The van der Waals surface area contributed by atoms with Gasteiger partial charge in [-0.25, -0.2) is 0 Å². The van der Waals surface area contributed by atoms with Gasteiger partial charge in [-0.05, 0) is 45.5 Å². The van der Waals surface area contributed by atoms with Crippen LogP contribution in [0.1, 0.15) is 22.3 Å². The van der Waals surface area contributed by atoms with Crippen molar-refractivity contribution in [2.24, 2.45) is 0 Å². The van der Waals surface area contributed by atoms with Crippen molar-refractivity contribution in [2.45, 2.75) is 26.2 Å². The van der Waals surface area contributed by atoms with Crippen molar-refractivity contribution in [2.75, 3.05) is 21.3 Å². The van der Waals surface area contributed by atoms with Crippen LogP contribution in [0, 0.1) is 0 Å². The van der Waals surface area contributed by atoms with E-state index >= 15 is 0 Å². The van der Waals surface area contributed by atoms with E-state index in [0.29, 0.717) is 50.0 Å². The average Bonchev–Trinajstić information content (AvgIpc) is 2.98. The fraction of sp³-hybridized carbons (Fsp3) is 0.143. The molecule has 0 aliphatic heterocycles. The number of halogens is 2. The van der Waals surface area contributed by atoms with E-state index in [2.05, 4.69) is 57.2 Å². The number of anilines is 4. The number of rotatable bonds is 12. The molecule has 0 spiro atoms. The van der Waals surface area contributed by atoms with Gasteiger partial charge in [-0.15, -0.1) is 0 Å². The van der Waals surface area contributed by atoms with Crippen LogP contribution in [0.4, 0.5) is 23.8 Å². The quantitative estimate of drug-likeness (QED) is 0.145. The fourth-order valence-electron chi connectivity index (χ4n) is 3.78. The maximum Gasteiger partial charge on any atom is 0.229 e. The Morgan fingerprint density at radius 1 is 0.400 bits per heavy atom. The molecule has 0 amide bonds. The highest BCUT2D eigenvalue weighted by Crippen LogP contribution is 2.15. The Bertz CT molecular complexity index is 1430. The molecule has 202 valence electrons. The number of aromatic nitrogens is 6. The lowest BCUT2D eigenvalue weighted by Gasteiger charge is -2.11. The van der Waals surface area contributed by atoms with Crippen molar-refractivity contribution in [1.29, 1.82) is 0 Å². The second kappa shape index (κ2) is 13.5. The molecule has 12 heteroatoms. The highest BCUT2D eigenvalue weighted by atomic mass is 35.5. The summed E-state index contributed by atoms with van der Waals surface area (Å²) >= 11 is 12.3. The lowest BCUT2D eigenvalue weighted by atomic mass is 10.1. The third-order valence-electron chi connectivity index (χ3n) is 5.70. The molecule has 0 unspecified atom stereocenters. The molecule has 0 saturated carbocycles. The van der Waals surface area contributed by atoms with E-state index in [4.69, 9.17) is 23.2 Å². The molecule has 2 heterocycles. The monoisotopic (exact) mass is 572 g/mol. The van der Waals surface area contributed by atoms with E-state index < -0.39 is 0 Å². The molecule has 2 aromatic heterocycles. The molecule has 0 aliphatic carbocycles. The predicted octanol–water partition coefficient (Wildman–Crippen LogP) is 5.81. The molecule has 0 atom stereocenters. The lowest BCUT2D eigenvalue weighted by Crippen LogP contribution is -2.10. The van der Waals surface area contributed by atoms with Gasteiger partial charge < -0.3 is 21.3 Å². The predicted molar refractivity (Wildman–Crippen MR) is 158 cm³/mol. The first-order valence-corrected chi connectivity index (χ1v) is 13.3. The third-order valence-corrected chi connectivity index (χ3v) is 6.03. The zero-order valence-electron chi connectivity index (χ0n) is 21.4. The van der Waals surface area contributed by atoms with E-state index in [9.17, 15) is 0 Å². The van der Waals surface area contributed by atoms with Crippen molar-refractivity contribution >= 4 is 47.0 Å². The average molecular weight is 573 g/mol. The van der Waals surface area contributed by atoms with E-state index in [1.54, 1.807) is 0 Å². The second-order valence-corrected chi connectivity index (χ2v) is 9.38. The minimum atomic E-state index is 0.111. The highest BCUT2D eigenvalue weighted by Gasteiger charge is 2.08. The van der Waals surface area contributed by atoms with Crippen molar-refractivity contribution in [1.82, 2.24) is 29.9 Å². The lowest BCUT2D eigenvalue weighted by molar-refractivity contribution is 0.969. The highest BCUT2D eigenvalue weighted by molar-refractivity contribution is 6.28. The van der Waals surface area contributed by atoms with Crippen LogP contribution in [-0.4, -0.2) is 29.9 Å². The zero-order valence-corrected chi connectivity index (χ0v) is 22.9. The summed E-state index contributed by atoms with van der Waals surface area (Å²) in [7, 11) is 0. The maximum atomic E-state index is 6.13. The van der Waals surface area contributed by atoms with Gasteiger partial charge in [-0.2, -0.15) is 29.9 Å². The zero-order chi connectivity index (χ0) is 27.6. The third kappa shape index (κ3) is 8.23. The van der Waals surface area contributed by atoms with Gasteiger partial charge >= 0.3 is 0 Å². The van der Waals surface area contributed by atoms with Crippen LogP contribution >= 0.6 is 23.2 Å². The number of benzene rings is 3. The molecular formula is C28H26Cl2N10. The normalized spacial score (nSPS) is 10.7. The molecule has 0 fully saturated rings. The Kier molecular flexibility index (Phi) is 9.13. The van der Waals surface area contributed by atoms with Gasteiger partial charge in [-0.3, -0.25) is 0 Å². The molecule has 40 heavy (non-hydrogen) atoms. The van der Waals surface area contributed by atoms with Crippen LogP contribution in [0.15, 0.2) is 84.9 Å². The van der Waals surface area contributed by atoms with Crippen molar-refractivity contribution in [3.8, 4) is 0 Å². The Morgan fingerprint density at radius 3 is 1.10 bits per heavy atom. The van der Waals surface area contributed by atoms with E-state index in [1.165, 1.54) is 0 Å². The minimum absolute atomic E-state index is 0.111. The molecule has 0 radical (unpaired) electrons. The number of nitrogens with one attached hydrogen (secondary N) is 4. The Morgan fingerprint density at radius 2 is 0.725 bits per heavy atom. The first kappa shape index (κ1) is 27.0. The molecular weight excluding hydrogens is 547 g/mol. The van der Waals surface area contributed by atoms with Gasteiger partial charge in [0.1, 0.15) is 0 Å². The Labute approximate surface area is 241 Å². The summed E-state index contributed by atoms with van der Waals surface area (Å²) in [6, 6.07) is 28.0. The summed E-state index contributed by atoms with van der Waals surface area (Å²) in [5.74, 6) is 1.57. The van der Waals surface area contributed by atoms with Crippen LogP contribution < -0.4 is 21.3 Å². The minimum Gasteiger partial charge on any atom is -0.350 e.